The molecule has 4 aromatic rings. The molecule has 0 bridgehead atoms. The Bertz CT molecular complexity index is 1100. The molecule has 0 saturated heterocycles. The van der Waals surface area contributed by atoms with E-state index in [9.17, 15) is 13.6 Å². The summed E-state index contributed by atoms with van der Waals surface area (Å²) in [6.07, 6.45) is -1.26. The van der Waals surface area contributed by atoms with Crippen molar-refractivity contribution in [1.82, 2.24) is 29.9 Å². The maximum absolute atomic E-state index is 12.7. The highest BCUT2D eigenvalue weighted by molar-refractivity contribution is 6.06. The van der Waals surface area contributed by atoms with Crippen molar-refractivity contribution in [2.24, 2.45) is 7.05 Å². The van der Waals surface area contributed by atoms with Gasteiger partial charge < -0.3 is 10.3 Å². The third kappa shape index (κ3) is 2.67. The van der Waals surface area contributed by atoms with Gasteiger partial charge in [0.25, 0.3) is 12.3 Å². The average Bonchev–Trinajstić information content (AvgIpc) is 3.18. The van der Waals surface area contributed by atoms with E-state index >= 15 is 0 Å². The minimum absolute atomic E-state index is 0.311. The summed E-state index contributed by atoms with van der Waals surface area (Å²) in [5, 5.41) is 10.4. The molecular weight excluding hydrogens is 332 g/mol. The van der Waals surface area contributed by atoms with Crippen LogP contribution < -0.4 is 5.32 Å². The van der Waals surface area contributed by atoms with Crippen molar-refractivity contribution in [3.63, 3.8) is 0 Å². The minimum atomic E-state index is -2.68. The van der Waals surface area contributed by atoms with Crippen LogP contribution in [-0.2, 0) is 7.05 Å². The van der Waals surface area contributed by atoms with Crippen molar-refractivity contribution in [3.8, 4) is 0 Å². The summed E-state index contributed by atoms with van der Waals surface area (Å²) in [4.78, 5) is 22.8. The van der Waals surface area contributed by atoms with E-state index in [4.69, 9.17) is 0 Å². The molecular formula is C15H11F2N7O. The Labute approximate surface area is 138 Å². The number of hydrogen-bond acceptors (Lipinski definition) is 5. The van der Waals surface area contributed by atoms with Crippen molar-refractivity contribution in [3.05, 3.63) is 41.9 Å². The molecule has 2 N–H and O–H groups in total. The zero-order valence-corrected chi connectivity index (χ0v) is 12.9. The lowest BCUT2D eigenvalue weighted by molar-refractivity contribution is 0.102. The molecule has 10 heteroatoms. The Morgan fingerprint density at radius 2 is 2.12 bits per heavy atom. The Balaban J connectivity index is 1.61. The smallest absolute Gasteiger partial charge is 0.295 e. The second kappa shape index (κ2) is 5.58. The number of aromatic nitrogens is 6. The summed E-state index contributed by atoms with van der Waals surface area (Å²) in [5.74, 6) is -0.802. The Morgan fingerprint density at radius 3 is 2.92 bits per heavy atom. The number of fused-ring (bicyclic) bond motifs is 2. The average molecular weight is 343 g/mol. The molecule has 0 fully saturated rings. The predicted molar refractivity (Wildman–Crippen MR) is 85.3 cm³/mol. The summed E-state index contributed by atoms with van der Waals surface area (Å²) < 4.78 is 26.9. The summed E-state index contributed by atoms with van der Waals surface area (Å²) in [6.45, 7) is 0. The van der Waals surface area contributed by atoms with Gasteiger partial charge in [0.15, 0.2) is 11.5 Å². The first-order valence-corrected chi connectivity index (χ1v) is 7.26. The van der Waals surface area contributed by atoms with Gasteiger partial charge in [-0.1, -0.05) is 5.21 Å². The number of alkyl halides is 2. The van der Waals surface area contributed by atoms with Gasteiger partial charge in [-0.25, -0.2) is 23.4 Å². The zero-order chi connectivity index (χ0) is 17.6. The molecule has 1 amide bonds. The molecule has 0 unspecified atom stereocenters. The van der Waals surface area contributed by atoms with Gasteiger partial charge in [0.05, 0.1) is 16.6 Å². The molecule has 1 aromatic carbocycles. The number of nitrogens with zero attached hydrogens (tertiary/aromatic N) is 5. The number of imidazole rings is 1. The van der Waals surface area contributed by atoms with Gasteiger partial charge in [0.1, 0.15) is 5.52 Å². The highest BCUT2D eigenvalue weighted by Crippen LogP contribution is 2.22. The molecule has 25 heavy (non-hydrogen) atoms. The molecule has 0 aliphatic heterocycles. The van der Waals surface area contributed by atoms with Crippen LogP contribution in [0.3, 0.4) is 0 Å². The van der Waals surface area contributed by atoms with Gasteiger partial charge in [-0.15, -0.1) is 5.10 Å². The van der Waals surface area contributed by atoms with Gasteiger partial charge >= 0.3 is 0 Å². The van der Waals surface area contributed by atoms with Gasteiger partial charge in [0.2, 0.25) is 0 Å². The molecule has 0 aliphatic carbocycles. The second-order valence-electron chi connectivity index (χ2n) is 5.39. The fraction of sp³-hybridized carbons (Fsp3) is 0.133. The number of aryl methyl sites for hydroxylation is 1. The fourth-order valence-electron chi connectivity index (χ4n) is 2.46. The molecule has 3 heterocycles. The number of amides is 1. The van der Waals surface area contributed by atoms with Crippen LogP contribution in [0.2, 0.25) is 0 Å². The quantitative estimate of drug-likeness (QED) is 0.595. The largest absolute Gasteiger partial charge is 0.337 e. The number of rotatable bonds is 3. The van der Waals surface area contributed by atoms with E-state index in [1.54, 1.807) is 31.3 Å². The zero-order valence-electron chi connectivity index (χ0n) is 12.9. The Hall–Kier alpha value is -3.43. The van der Waals surface area contributed by atoms with E-state index in [1.165, 1.54) is 10.9 Å². The van der Waals surface area contributed by atoms with E-state index in [0.717, 1.165) is 0 Å². The van der Waals surface area contributed by atoms with Gasteiger partial charge in [-0.2, -0.15) is 0 Å². The molecule has 0 atom stereocenters. The standard InChI is InChI=1S/C15H11F2N7O/c1-24-14-11(22-23-24)4-7(6-18-14)15(25)19-8-2-3-9-10(5-8)21-13(20-9)12(16)17/h2-6,12H,1H3,(H,19,25)(H,20,21). The van der Waals surface area contributed by atoms with E-state index in [2.05, 4.69) is 30.6 Å². The highest BCUT2D eigenvalue weighted by atomic mass is 19.3. The van der Waals surface area contributed by atoms with Crippen LogP contribution >= 0.6 is 0 Å². The van der Waals surface area contributed by atoms with Crippen molar-refractivity contribution in [2.75, 3.05) is 5.32 Å². The monoisotopic (exact) mass is 343 g/mol. The highest BCUT2D eigenvalue weighted by Gasteiger charge is 2.14. The van der Waals surface area contributed by atoms with Crippen LogP contribution in [-0.4, -0.2) is 35.9 Å². The van der Waals surface area contributed by atoms with Gasteiger partial charge in [-0.3, -0.25) is 4.79 Å². The van der Waals surface area contributed by atoms with Crippen LogP contribution in [0.5, 0.6) is 0 Å². The van der Waals surface area contributed by atoms with Gasteiger partial charge in [0, 0.05) is 18.9 Å². The normalized spacial score (nSPS) is 11.5. The molecule has 0 saturated carbocycles. The molecule has 3 aromatic heterocycles. The fourth-order valence-corrected chi connectivity index (χ4v) is 2.46. The van der Waals surface area contributed by atoms with Crippen LogP contribution in [0, 0.1) is 0 Å². The Morgan fingerprint density at radius 1 is 1.28 bits per heavy atom. The number of hydrogen-bond donors (Lipinski definition) is 2. The lowest BCUT2D eigenvalue weighted by Gasteiger charge is -2.05. The summed E-state index contributed by atoms with van der Waals surface area (Å²) in [5.41, 5.74) is 2.63. The maximum Gasteiger partial charge on any atom is 0.295 e. The first kappa shape index (κ1) is 15.1. The van der Waals surface area contributed by atoms with Crippen LogP contribution in [0.4, 0.5) is 14.5 Å². The number of H-pyrrole nitrogens is 1. The molecule has 4 rings (SSSR count). The van der Waals surface area contributed by atoms with Crippen LogP contribution in [0.25, 0.3) is 22.2 Å². The first-order valence-electron chi connectivity index (χ1n) is 7.26. The number of pyridine rings is 1. The third-order valence-electron chi connectivity index (χ3n) is 3.67. The lowest BCUT2D eigenvalue weighted by Crippen LogP contribution is -2.12. The van der Waals surface area contributed by atoms with E-state index in [1.807, 2.05) is 0 Å². The van der Waals surface area contributed by atoms with E-state index < -0.39 is 18.2 Å². The Kier molecular flexibility index (Phi) is 3.38. The van der Waals surface area contributed by atoms with Crippen molar-refractivity contribution < 1.29 is 13.6 Å². The molecule has 8 nitrogen and oxygen atoms in total. The molecule has 126 valence electrons. The predicted octanol–water partition coefficient (Wildman–Crippen LogP) is 2.43. The summed E-state index contributed by atoms with van der Waals surface area (Å²) >= 11 is 0. The van der Waals surface area contributed by atoms with Crippen LogP contribution in [0.1, 0.15) is 22.6 Å². The van der Waals surface area contributed by atoms with Crippen molar-refractivity contribution >= 4 is 33.8 Å². The van der Waals surface area contributed by atoms with E-state index in [0.29, 0.717) is 33.4 Å². The van der Waals surface area contributed by atoms with Gasteiger partial charge in [-0.05, 0) is 24.3 Å². The maximum atomic E-state index is 12.7. The van der Waals surface area contributed by atoms with E-state index in [-0.39, 0.29) is 0 Å². The number of anilines is 1. The lowest BCUT2D eigenvalue weighted by atomic mass is 10.2. The number of aromatic amines is 1. The molecule has 0 spiro atoms. The van der Waals surface area contributed by atoms with Crippen molar-refractivity contribution in [2.45, 2.75) is 6.43 Å². The van der Waals surface area contributed by atoms with Crippen molar-refractivity contribution in [1.29, 1.82) is 0 Å². The second-order valence-corrected chi connectivity index (χ2v) is 5.39. The molecule has 0 aliphatic rings. The minimum Gasteiger partial charge on any atom is -0.337 e. The SMILES string of the molecule is Cn1nnc2cc(C(=O)Nc3ccc4nc(C(F)F)[nH]c4c3)cnc21. The summed E-state index contributed by atoms with van der Waals surface area (Å²) in [7, 11) is 1.70. The number of carbonyl (C=O) groups excluding carboxylic acids is 1. The number of halogens is 2. The number of carbonyl (C=O) groups is 1. The first-order chi connectivity index (χ1) is 12.0. The number of nitrogens with one attached hydrogen (secondary N) is 2. The molecule has 0 radical (unpaired) electrons. The topological polar surface area (TPSA) is 101 Å². The van der Waals surface area contributed by atoms with Crippen LogP contribution in [0.15, 0.2) is 30.5 Å². The number of benzene rings is 1. The third-order valence-corrected chi connectivity index (χ3v) is 3.67. The summed E-state index contributed by atoms with van der Waals surface area (Å²) in [6, 6.07) is 6.26.